The zero-order valence-corrected chi connectivity index (χ0v) is 14.3. The number of furan rings is 1. The molecule has 0 bridgehead atoms. The molecule has 6 nitrogen and oxygen atoms in total. The SMILES string of the molecule is Cc1coc(CC(=O)O)c1C(=O)NC[C@@H]1CCO[C@H]1c1ccc(F)cc1. The lowest BCUT2D eigenvalue weighted by Gasteiger charge is -2.19. The van der Waals surface area contributed by atoms with Crippen molar-refractivity contribution >= 4 is 11.9 Å². The van der Waals surface area contributed by atoms with Gasteiger partial charge in [-0.1, -0.05) is 12.1 Å². The minimum absolute atomic E-state index is 0.0551. The van der Waals surface area contributed by atoms with E-state index in [1.54, 1.807) is 19.1 Å². The number of carboxylic acids is 1. The number of aryl methyl sites for hydroxylation is 1. The molecule has 1 aliphatic rings. The van der Waals surface area contributed by atoms with Crippen molar-refractivity contribution in [1.29, 1.82) is 0 Å². The first-order valence-corrected chi connectivity index (χ1v) is 8.39. The highest BCUT2D eigenvalue weighted by atomic mass is 19.1. The van der Waals surface area contributed by atoms with Gasteiger partial charge in [-0.25, -0.2) is 4.39 Å². The molecule has 0 radical (unpaired) electrons. The van der Waals surface area contributed by atoms with Gasteiger partial charge in [0.25, 0.3) is 5.91 Å². The fraction of sp³-hybridized carbons (Fsp3) is 0.368. The van der Waals surface area contributed by atoms with E-state index in [-0.39, 0.29) is 41.5 Å². The van der Waals surface area contributed by atoms with Gasteiger partial charge in [0.1, 0.15) is 18.0 Å². The Balaban J connectivity index is 1.66. The Labute approximate surface area is 150 Å². The number of carbonyl (C=O) groups is 2. The Bertz CT molecular complexity index is 799. The molecule has 26 heavy (non-hydrogen) atoms. The minimum atomic E-state index is -1.06. The summed E-state index contributed by atoms with van der Waals surface area (Å²) in [7, 11) is 0. The van der Waals surface area contributed by atoms with Gasteiger partial charge in [0, 0.05) is 24.6 Å². The molecular formula is C19H20FNO5. The number of nitrogens with one attached hydrogen (secondary N) is 1. The lowest BCUT2D eigenvalue weighted by molar-refractivity contribution is -0.136. The Morgan fingerprint density at radius 1 is 1.31 bits per heavy atom. The summed E-state index contributed by atoms with van der Waals surface area (Å²) in [6.07, 6.45) is 1.60. The first-order valence-electron chi connectivity index (χ1n) is 8.39. The van der Waals surface area contributed by atoms with Crippen molar-refractivity contribution in [1.82, 2.24) is 5.32 Å². The van der Waals surface area contributed by atoms with Gasteiger partial charge in [0.05, 0.1) is 17.9 Å². The highest BCUT2D eigenvalue weighted by molar-refractivity contribution is 5.97. The molecule has 1 aliphatic heterocycles. The second-order valence-electron chi connectivity index (χ2n) is 6.39. The molecule has 2 atom stereocenters. The number of aliphatic carboxylic acids is 1. The van der Waals surface area contributed by atoms with E-state index in [4.69, 9.17) is 14.3 Å². The average molecular weight is 361 g/mol. The van der Waals surface area contributed by atoms with Gasteiger partial charge in [-0.05, 0) is 31.0 Å². The lowest BCUT2D eigenvalue weighted by Crippen LogP contribution is -2.31. The number of halogens is 1. The van der Waals surface area contributed by atoms with Gasteiger partial charge in [0.2, 0.25) is 0 Å². The number of carboxylic acid groups (broad SMARTS) is 1. The predicted octanol–water partition coefficient (Wildman–Crippen LogP) is 2.86. The summed E-state index contributed by atoms with van der Waals surface area (Å²) in [5.74, 6) is -1.53. The van der Waals surface area contributed by atoms with E-state index in [9.17, 15) is 14.0 Å². The van der Waals surface area contributed by atoms with Crippen LogP contribution in [0.3, 0.4) is 0 Å². The van der Waals surface area contributed by atoms with E-state index in [1.165, 1.54) is 18.4 Å². The number of hydrogen-bond acceptors (Lipinski definition) is 4. The molecule has 0 aliphatic carbocycles. The monoisotopic (exact) mass is 361 g/mol. The zero-order chi connectivity index (χ0) is 18.7. The van der Waals surface area contributed by atoms with Crippen LogP contribution >= 0.6 is 0 Å². The maximum Gasteiger partial charge on any atom is 0.311 e. The summed E-state index contributed by atoms with van der Waals surface area (Å²) in [5.41, 5.74) is 1.73. The molecule has 2 N–H and O–H groups in total. The third-order valence-electron chi connectivity index (χ3n) is 4.53. The van der Waals surface area contributed by atoms with Crippen LogP contribution in [0.1, 0.15) is 39.8 Å². The van der Waals surface area contributed by atoms with Crippen molar-refractivity contribution in [2.24, 2.45) is 5.92 Å². The van der Waals surface area contributed by atoms with Gasteiger partial charge in [-0.15, -0.1) is 0 Å². The minimum Gasteiger partial charge on any atom is -0.481 e. The van der Waals surface area contributed by atoms with Crippen LogP contribution < -0.4 is 5.32 Å². The van der Waals surface area contributed by atoms with Gasteiger partial charge in [-0.2, -0.15) is 0 Å². The number of ether oxygens (including phenoxy) is 1. The van der Waals surface area contributed by atoms with Crippen molar-refractivity contribution in [2.45, 2.75) is 25.9 Å². The van der Waals surface area contributed by atoms with E-state index in [1.807, 2.05) is 0 Å². The number of rotatable bonds is 6. The summed E-state index contributed by atoms with van der Waals surface area (Å²) < 4.78 is 24.0. The Morgan fingerprint density at radius 3 is 2.73 bits per heavy atom. The van der Waals surface area contributed by atoms with Crippen LogP contribution in [-0.4, -0.2) is 30.1 Å². The first-order chi connectivity index (χ1) is 12.5. The molecule has 1 amide bonds. The summed E-state index contributed by atoms with van der Waals surface area (Å²) in [6, 6.07) is 6.15. The second-order valence-corrected chi connectivity index (χ2v) is 6.39. The molecule has 0 spiro atoms. The van der Waals surface area contributed by atoms with E-state index >= 15 is 0 Å². The van der Waals surface area contributed by atoms with Gasteiger partial charge in [0.15, 0.2) is 0 Å². The smallest absolute Gasteiger partial charge is 0.311 e. The lowest BCUT2D eigenvalue weighted by atomic mass is 9.95. The van der Waals surface area contributed by atoms with Crippen LogP contribution in [0.2, 0.25) is 0 Å². The number of carbonyl (C=O) groups excluding carboxylic acids is 1. The maximum absolute atomic E-state index is 13.1. The molecule has 1 saturated heterocycles. The van der Waals surface area contributed by atoms with Gasteiger partial charge < -0.3 is 19.6 Å². The molecule has 1 fully saturated rings. The molecule has 1 aromatic carbocycles. The molecule has 2 aromatic rings. The average Bonchev–Trinajstić information content (AvgIpc) is 3.20. The summed E-state index contributed by atoms with van der Waals surface area (Å²) >= 11 is 0. The van der Waals surface area contributed by atoms with E-state index in [2.05, 4.69) is 5.32 Å². The number of amides is 1. The second kappa shape index (κ2) is 7.70. The highest BCUT2D eigenvalue weighted by Crippen LogP contribution is 2.34. The molecule has 3 rings (SSSR count). The fourth-order valence-corrected chi connectivity index (χ4v) is 3.25. The van der Waals surface area contributed by atoms with E-state index < -0.39 is 5.97 Å². The van der Waals surface area contributed by atoms with Crippen LogP contribution in [-0.2, 0) is 16.0 Å². The summed E-state index contributed by atoms with van der Waals surface area (Å²) in [6.45, 7) is 2.64. The van der Waals surface area contributed by atoms with Crippen molar-refractivity contribution in [3.8, 4) is 0 Å². The van der Waals surface area contributed by atoms with Crippen LogP contribution in [0.4, 0.5) is 4.39 Å². The van der Waals surface area contributed by atoms with Crippen LogP contribution in [0.5, 0.6) is 0 Å². The number of benzene rings is 1. The third-order valence-corrected chi connectivity index (χ3v) is 4.53. The predicted molar refractivity (Wildman–Crippen MR) is 90.3 cm³/mol. The van der Waals surface area contributed by atoms with Crippen LogP contribution in [0.25, 0.3) is 0 Å². The topological polar surface area (TPSA) is 88.8 Å². The molecular weight excluding hydrogens is 341 g/mol. The number of hydrogen-bond donors (Lipinski definition) is 2. The van der Waals surface area contributed by atoms with Crippen molar-refractivity contribution < 1.29 is 28.2 Å². The van der Waals surface area contributed by atoms with E-state index in [0.29, 0.717) is 18.7 Å². The molecule has 0 saturated carbocycles. The normalized spacial score (nSPS) is 19.5. The molecule has 7 heteroatoms. The van der Waals surface area contributed by atoms with Crippen molar-refractivity contribution in [2.75, 3.05) is 13.2 Å². The Kier molecular flexibility index (Phi) is 5.37. The van der Waals surface area contributed by atoms with Gasteiger partial charge in [-0.3, -0.25) is 9.59 Å². The highest BCUT2D eigenvalue weighted by Gasteiger charge is 2.30. The van der Waals surface area contributed by atoms with Crippen LogP contribution in [0, 0.1) is 18.7 Å². The fourth-order valence-electron chi connectivity index (χ4n) is 3.25. The van der Waals surface area contributed by atoms with Gasteiger partial charge >= 0.3 is 5.97 Å². The molecule has 1 aromatic heterocycles. The largest absolute Gasteiger partial charge is 0.481 e. The molecule has 2 heterocycles. The van der Waals surface area contributed by atoms with E-state index in [0.717, 1.165) is 12.0 Å². The molecule has 0 unspecified atom stereocenters. The summed E-state index contributed by atoms with van der Waals surface area (Å²) in [5, 5.41) is 11.8. The zero-order valence-electron chi connectivity index (χ0n) is 14.3. The Morgan fingerprint density at radius 2 is 2.04 bits per heavy atom. The molecule has 138 valence electrons. The van der Waals surface area contributed by atoms with Crippen LogP contribution in [0.15, 0.2) is 34.9 Å². The summed E-state index contributed by atoms with van der Waals surface area (Å²) in [4.78, 5) is 23.4. The quantitative estimate of drug-likeness (QED) is 0.826. The third kappa shape index (κ3) is 3.94. The first kappa shape index (κ1) is 18.1. The standard InChI is InChI=1S/C19H20FNO5/c1-11-10-26-15(8-16(22)23)17(11)19(24)21-9-13-6-7-25-18(13)12-2-4-14(20)5-3-12/h2-5,10,13,18H,6-9H2,1H3,(H,21,24)(H,22,23)/t13-,18-/m0/s1. The Hall–Kier alpha value is -2.67. The van der Waals surface area contributed by atoms with Crippen molar-refractivity contribution in [3.63, 3.8) is 0 Å². The maximum atomic E-state index is 13.1. The van der Waals surface area contributed by atoms with Crippen molar-refractivity contribution in [3.05, 3.63) is 58.8 Å².